The predicted molar refractivity (Wildman–Crippen MR) is 86.1 cm³/mol. The van der Waals surface area contributed by atoms with Crippen molar-refractivity contribution in [1.29, 1.82) is 0 Å². The maximum Gasteiger partial charge on any atom is 0.322 e. The Morgan fingerprint density at radius 1 is 1.15 bits per heavy atom. The lowest BCUT2D eigenvalue weighted by Gasteiger charge is -2.29. The molecule has 0 saturated heterocycles. The zero-order valence-corrected chi connectivity index (χ0v) is 13.1. The van der Waals surface area contributed by atoms with Gasteiger partial charge in [-0.15, -0.1) is 0 Å². The minimum atomic E-state index is 0.0215. The molecule has 0 fully saturated rings. The van der Waals surface area contributed by atoms with Crippen LogP contribution in [0.4, 0.5) is 10.5 Å². The van der Waals surface area contributed by atoms with Crippen LogP contribution in [0, 0.1) is 0 Å². The van der Waals surface area contributed by atoms with Crippen LogP contribution in [0.1, 0.15) is 52.9 Å². The largest absolute Gasteiger partial charge is 0.322 e. The molecule has 0 aliphatic carbocycles. The molecule has 0 spiro atoms. The molecule has 112 valence electrons. The Kier molecular flexibility index (Phi) is 7.78. The lowest BCUT2D eigenvalue weighted by molar-refractivity contribution is 0.187. The van der Waals surface area contributed by atoms with Gasteiger partial charge in [-0.2, -0.15) is 0 Å². The van der Waals surface area contributed by atoms with Gasteiger partial charge in [-0.25, -0.2) is 4.79 Å². The first-order chi connectivity index (χ1) is 9.69. The second-order valence-corrected chi connectivity index (χ2v) is 5.33. The zero-order valence-electron chi connectivity index (χ0n) is 13.1. The number of anilines is 1. The van der Waals surface area contributed by atoms with E-state index in [2.05, 4.69) is 26.1 Å². The van der Waals surface area contributed by atoms with Gasteiger partial charge in [-0.1, -0.05) is 51.3 Å². The molecule has 0 saturated carbocycles. The summed E-state index contributed by atoms with van der Waals surface area (Å²) < 4.78 is 0. The van der Waals surface area contributed by atoms with Gasteiger partial charge in [0.05, 0.1) is 0 Å². The van der Waals surface area contributed by atoms with Gasteiger partial charge in [0, 0.05) is 18.3 Å². The molecular weight excluding hydrogens is 248 g/mol. The highest BCUT2D eigenvalue weighted by molar-refractivity contribution is 5.89. The molecule has 1 aromatic carbocycles. The van der Waals surface area contributed by atoms with Crippen molar-refractivity contribution in [3.63, 3.8) is 0 Å². The van der Waals surface area contributed by atoms with Gasteiger partial charge in [0.25, 0.3) is 0 Å². The van der Waals surface area contributed by atoms with Gasteiger partial charge in [0.1, 0.15) is 0 Å². The van der Waals surface area contributed by atoms with Crippen molar-refractivity contribution in [3.8, 4) is 0 Å². The fraction of sp³-hybridized carbons (Fsp3) is 0.588. The van der Waals surface area contributed by atoms with Crippen molar-refractivity contribution in [3.05, 3.63) is 30.3 Å². The zero-order chi connectivity index (χ0) is 14.8. The summed E-state index contributed by atoms with van der Waals surface area (Å²) in [7, 11) is 0. The van der Waals surface area contributed by atoms with E-state index < -0.39 is 0 Å². The molecule has 1 aromatic rings. The molecule has 0 unspecified atom stereocenters. The predicted octanol–water partition coefficient (Wildman–Crippen LogP) is 4.90. The van der Waals surface area contributed by atoms with Crippen molar-refractivity contribution < 1.29 is 4.79 Å². The van der Waals surface area contributed by atoms with E-state index in [4.69, 9.17) is 0 Å². The summed E-state index contributed by atoms with van der Waals surface area (Å²) in [6.07, 6.45) is 5.58. The van der Waals surface area contributed by atoms with Crippen LogP contribution in [0.5, 0.6) is 0 Å². The van der Waals surface area contributed by atoms with E-state index in [0.717, 1.165) is 31.5 Å². The second kappa shape index (κ2) is 9.40. The molecule has 0 radical (unpaired) electrons. The van der Waals surface area contributed by atoms with E-state index in [1.807, 2.05) is 35.2 Å². The number of unbranched alkanes of at least 4 members (excludes halogenated alkanes) is 2. The SMILES string of the molecule is CCCCCN(C(=O)Nc1ccccc1)[C@H](C)CCC. The number of benzene rings is 1. The van der Waals surface area contributed by atoms with Crippen LogP contribution in [0.2, 0.25) is 0 Å². The maximum absolute atomic E-state index is 12.4. The van der Waals surface area contributed by atoms with Gasteiger partial charge in [0.15, 0.2) is 0 Å². The minimum absolute atomic E-state index is 0.0215. The first kappa shape index (κ1) is 16.5. The molecule has 3 heteroatoms. The molecule has 0 aliphatic heterocycles. The molecule has 1 atom stereocenters. The van der Waals surface area contributed by atoms with Crippen molar-refractivity contribution >= 4 is 11.7 Å². The van der Waals surface area contributed by atoms with E-state index in [1.54, 1.807) is 0 Å². The summed E-state index contributed by atoms with van der Waals surface area (Å²) in [6, 6.07) is 9.99. The fourth-order valence-corrected chi connectivity index (χ4v) is 2.34. The third-order valence-electron chi connectivity index (χ3n) is 3.53. The van der Waals surface area contributed by atoms with Gasteiger partial charge in [0.2, 0.25) is 0 Å². The molecule has 3 nitrogen and oxygen atoms in total. The summed E-state index contributed by atoms with van der Waals surface area (Å²) in [6.45, 7) is 7.33. The summed E-state index contributed by atoms with van der Waals surface area (Å²) in [4.78, 5) is 14.4. The summed E-state index contributed by atoms with van der Waals surface area (Å²) in [5.41, 5.74) is 0.863. The Balaban J connectivity index is 2.62. The summed E-state index contributed by atoms with van der Waals surface area (Å²) >= 11 is 0. The average molecular weight is 276 g/mol. The lowest BCUT2D eigenvalue weighted by atomic mass is 10.1. The van der Waals surface area contributed by atoms with E-state index in [0.29, 0.717) is 6.04 Å². The van der Waals surface area contributed by atoms with Crippen LogP contribution < -0.4 is 5.32 Å². The number of nitrogens with zero attached hydrogens (tertiary/aromatic N) is 1. The highest BCUT2D eigenvalue weighted by Crippen LogP contribution is 2.13. The van der Waals surface area contributed by atoms with Crippen LogP contribution in [0.3, 0.4) is 0 Å². The lowest BCUT2D eigenvalue weighted by Crippen LogP contribution is -2.42. The van der Waals surface area contributed by atoms with Crippen molar-refractivity contribution in [2.45, 2.75) is 58.9 Å². The number of hydrogen-bond acceptors (Lipinski definition) is 1. The standard InChI is InChI=1S/C17H28N2O/c1-4-6-10-14-19(15(3)11-5-2)17(20)18-16-12-8-7-9-13-16/h7-9,12-13,15H,4-6,10-11,14H2,1-3H3,(H,18,20)/t15-/m1/s1. The van der Waals surface area contributed by atoms with E-state index in [-0.39, 0.29) is 6.03 Å². The first-order valence-corrected chi connectivity index (χ1v) is 7.81. The monoisotopic (exact) mass is 276 g/mol. The second-order valence-electron chi connectivity index (χ2n) is 5.33. The molecule has 20 heavy (non-hydrogen) atoms. The molecule has 2 amide bonds. The van der Waals surface area contributed by atoms with E-state index in [9.17, 15) is 4.79 Å². The van der Waals surface area contributed by atoms with E-state index >= 15 is 0 Å². The highest BCUT2D eigenvalue weighted by atomic mass is 16.2. The Morgan fingerprint density at radius 2 is 1.85 bits per heavy atom. The fourth-order valence-electron chi connectivity index (χ4n) is 2.34. The van der Waals surface area contributed by atoms with Gasteiger partial charge in [-0.05, 0) is 31.9 Å². The van der Waals surface area contributed by atoms with E-state index in [1.165, 1.54) is 12.8 Å². The topological polar surface area (TPSA) is 32.3 Å². The van der Waals surface area contributed by atoms with Gasteiger partial charge < -0.3 is 10.2 Å². The maximum atomic E-state index is 12.4. The van der Waals surface area contributed by atoms with Crippen molar-refractivity contribution in [2.24, 2.45) is 0 Å². The van der Waals surface area contributed by atoms with Crippen LogP contribution in [-0.2, 0) is 0 Å². The third-order valence-corrected chi connectivity index (χ3v) is 3.53. The molecule has 0 aromatic heterocycles. The van der Waals surface area contributed by atoms with Crippen LogP contribution in [-0.4, -0.2) is 23.5 Å². The normalized spacial score (nSPS) is 11.9. The van der Waals surface area contributed by atoms with Gasteiger partial charge >= 0.3 is 6.03 Å². The van der Waals surface area contributed by atoms with Gasteiger partial charge in [-0.3, -0.25) is 0 Å². The van der Waals surface area contributed by atoms with Crippen LogP contribution in [0.25, 0.3) is 0 Å². The quantitative estimate of drug-likeness (QED) is 0.673. The van der Waals surface area contributed by atoms with Crippen LogP contribution >= 0.6 is 0 Å². The Morgan fingerprint density at radius 3 is 2.45 bits per heavy atom. The number of carbonyl (C=O) groups is 1. The molecule has 0 bridgehead atoms. The molecule has 0 aliphatic rings. The number of amides is 2. The number of nitrogens with one attached hydrogen (secondary N) is 1. The van der Waals surface area contributed by atoms with Crippen molar-refractivity contribution in [2.75, 3.05) is 11.9 Å². The van der Waals surface area contributed by atoms with Crippen LogP contribution in [0.15, 0.2) is 30.3 Å². The summed E-state index contributed by atoms with van der Waals surface area (Å²) in [5, 5.41) is 3.00. The summed E-state index contributed by atoms with van der Waals surface area (Å²) in [5.74, 6) is 0. The molecule has 1 rings (SSSR count). The molecule has 0 heterocycles. The molecule has 1 N–H and O–H groups in total. The Bertz CT molecular complexity index is 378. The smallest absolute Gasteiger partial charge is 0.322 e. The Hall–Kier alpha value is -1.51. The number of para-hydroxylation sites is 1. The molecular formula is C17H28N2O. The first-order valence-electron chi connectivity index (χ1n) is 7.81. The van der Waals surface area contributed by atoms with Crippen molar-refractivity contribution in [1.82, 2.24) is 4.90 Å². The third kappa shape index (κ3) is 5.64. The average Bonchev–Trinajstić information content (AvgIpc) is 2.44. The number of carbonyl (C=O) groups excluding carboxylic acids is 1. The number of hydrogen-bond donors (Lipinski definition) is 1. The number of rotatable bonds is 8. The minimum Gasteiger partial charge on any atom is -0.322 e. The highest BCUT2D eigenvalue weighted by Gasteiger charge is 2.18. The number of urea groups is 1. The Labute approximate surface area is 123 Å².